The molecule has 0 aliphatic rings. The van der Waals surface area contributed by atoms with Gasteiger partial charge in [0.2, 0.25) is 0 Å². The largest absolute Gasteiger partial charge is 0.492 e. The summed E-state index contributed by atoms with van der Waals surface area (Å²) in [4.78, 5) is 4.67. The minimum Gasteiger partial charge on any atom is -0.492 e. The van der Waals surface area contributed by atoms with Crippen molar-refractivity contribution in [3.63, 3.8) is 0 Å². The third-order valence-corrected chi connectivity index (χ3v) is 4.31. The van der Waals surface area contributed by atoms with Gasteiger partial charge in [-0.15, -0.1) is 0 Å². The molecule has 1 aromatic heterocycles. The molecule has 2 aromatic carbocycles. The third kappa shape index (κ3) is 3.64. The lowest BCUT2D eigenvalue weighted by Crippen LogP contribution is -2.01. The molecule has 3 heteroatoms. The van der Waals surface area contributed by atoms with Crippen molar-refractivity contribution in [1.29, 1.82) is 5.26 Å². The fourth-order valence-corrected chi connectivity index (χ4v) is 3.08. The van der Waals surface area contributed by atoms with Gasteiger partial charge >= 0.3 is 0 Å². The zero-order valence-corrected chi connectivity index (χ0v) is 15.0. The van der Waals surface area contributed by atoms with E-state index >= 15 is 0 Å². The topological polar surface area (TPSA) is 45.9 Å². The summed E-state index contributed by atoms with van der Waals surface area (Å²) in [5, 5.41) is 9.81. The standard InChI is InChI=1S/C22H22N2O/c1-15-6-8-18(9-7-15)19-14-24-20-13-16(2)12-17(3)21(20)22(19)25-11-5-4-10-23/h6-9,12-14H,4-5,11H2,1-3H3. The van der Waals surface area contributed by atoms with E-state index in [1.165, 1.54) is 11.1 Å². The Balaban J connectivity index is 2.15. The van der Waals surface area contributed by atoms with Gasteiger partial charge in [-0.1, -0.05) is 35.9 Å². The molecule has 25 heavy (non-hydrogen) atoms. The van der Waals surface area contributed by atoms with Crippen LogP contribution in [0.3, 0.4) is 0 Å². The first kappa shape index (κ1) is 17.0. The van der Waals surface area contributed by atoms with Gasteiger partial charge in [-0.3, -0.25) is 4.98 Å². The first-order valence-corrected chi connectivity index (χ1v) is 8.57. The van der Waals surface area contributed by atoms with Gasteiger partial charge in [0.05, 0.1) is 18.2 Å². The van der Waals surface area contributed by atoms with Gasteiger partial charge in [0, 0.05) is 23.6 Å². The van der Waals surface area contributed by atoms with E-state index in [-0.39, 0.29) is 0 Å². The van der Waals surface area contributed by atoms with Gasteiger partial charge in [0.15, 0.2) is 0 Å². The van der Waals surface area contributed by atoms with Gasteiger partial charge in [0.25, 0.3) is 0 Å². The van der Waals surface area contributed by atoms with Crippen LogP contribution in [0.15, 0.2) is 42.6 Å². The van der Waals surface area contributed by atoms with E-state index < -0.39 is 0 Å². The zero-order valence-electron chi connectivity index (χ0n) is 15.0. The Kier molecular flexibility index (Phi) is 5.00. The molecule has 3 rings (SSSR count). The number of ether oxygens (including phenoxy) is 1. The molecule has 0 spiro atoms. The Hall–Kier alpha value is -2.86. The summed E-state index contributed by atoms with van der Waals surface area (Å²) in [5.74, 6) is 0.865. The molecular formula is C22H22N2O. The normalized spacial score (nSPS) is 10.6. The summed E-state index contributed by atoms with van der Waals surface area (Å²) in [5.41, 5.74) is 6.61. The van der Waals surface area contributed by atoms with Gasteiger partial charge in [-0.05, 0) is 49.9 Å². The van der Waals surface area contributed by atoms with E-state index in [0.29, 0.717) is 13.0 Å². The van der Waals surface area contributed by atoms with Crippen molar-refractivity contribution < 1.29 is 4.74 Å². The van der Waals surface area contributed by atoms with Crippen LogP contribution in [-0.4, -0.2) is 11.6 Å². The van der Waals surface area contributed by atoms with Crippen LogP contribution in [0.25, 0.3) is 22.0 Å². The number of nitrogens with zero attached hydrogens (tertiary/aromatic N) is 2. The predicted octanol–water partition coefficient (Wildman–Crippen LogP) is 5.51. The molecule has 0 saturated carbocycles. The SMILES string of the molecule is Cc1ccc(-c2cnc3cc(C)cc(C)c3c2OCCCC#N)cc1. The minimum atomic E-state index is 0.501. The van der Waals surface area contributed by atoms with Gasteiger partial charge in [0.1, 0.15) is 5.75 Å². The number of unbranched alkanes of at least 4 members (excludes halogenated alkanes) is 1. The van der Waals surface area contributed by atoms with Crippen molar-refractivity contribution in [1.82, 2.24) is 4.98 Å². The molecule has 126 valence electrons. The minimum absolute atomic E-state index is 0.501. The molecular weight excluding hydrogens is 308 g/mol. The van der Waals surface area contributed by atoms with E-state index in [9.17, 15) is 0 Å². The van der Waals surface area contributed by atoms with E-state index in [4.69, 9.17) is 10.00 Å². The Bertz CT molecular complexity index is 937. The summed E-state index contributed by atoms with van der Waals surface area (Å²) < 4.78 is 6.17. The Labute approximate surface area is 148 Å². The molecule has 0 aliphatic heterocycles. The molecule has 0 bridgehead atoms. The second-order valence-corrected chi connectivity index (χ2v) is 6.45. The lowest BCUT2D eigenvalue weighted by molar-refractivity contribution is 0.317. The van der Waals surface area contributed by atoms with Crippen molar-refractivity contribution in [2.24, 2.45) is 0 Å². The number of hydrogen-bond acceptors (Lipinski definition) is 3. The molecule has 0 unspecified atom stereocenters. The van der Waals surface area contributed by atoms with E-state index in [0.717, 1.165) is 39.8 Å². The molecule has 1 heterocycles. The summed E-state index contributed by atoms with van der Waals surface area (Å²) in [6.07, 6.45) is 3.12. The molecule has 0 fully saturated rings. The first-order chi connectivity index (χ1) is 12.1. The molecule has 3 aromatic rings. The monoisotopic (exact) mass is 330 g/mol. The van der Waals surface area contributed by atoms with Crippen LogP contribution in [-0.2, 0) is 0 Å². The fourth-order valence-electron chi connectivity index (χ4n) is 3.08. The second kappa shape index (κ2) is 7.36. The molecule has 0 atom stereocenters. The first-order valence-electron chi connectivity index (χ1n) is 8.57. The van der Waals surface area contributed by atoms with Gasteiger partial charge in [-0.25, -0.2) is 0 Å². The number of aromatic nitrogens is 1. The van der Waals surface area contributed by atoms with Crippen LogP contribution in [0, 0.1) is 32.1 Å². The van der Waals surface area contributed by atoms with E-state index in [1.807, 2.05) is 6.20 Å². The van der Waals surface area contributed by atoms with Gasteiger partial charge < -0.3 is 4.74 Å². The van der Waals surface area contributed by atoms with Gasteiger partial charge in [-0.2, -0.15) is 5.26 Å². The van der Waals surface area contributed by atoms with Crippen molar-refractivity contribution in [3.05, 3.63) is 59.3 Å². The quantitative estimate of drug-likeness (QED) is 0.579. The van der Waals surface area contributed by atoms with Crippen LogP contribution in [0.5, 0.6) is 5.75 Å². The van der Waals surface area contributed by atoms with Crippen molar-refractivity contribution in [3.8, 4) is 22.9 Å². The Morgan fingerprint density at radius 2 is 1.80 bits per heavy atom. The smallest absolute Gasteiger partial charge is 0.138 e. The molecule has 0 N–H and O–H groups in total. The molecule has 0 radical (unpaired) electrons. The van der Waals surface area contributed by atoms with Crippen molar-refractivity contribution in [2.75, 3.05) is 6.61 Å². The highest BCUT2D eigenvalue weighted by molar-refractivity contribution is 5.94. The van der Waals surface area contributed by atoms with E-state index in [2.05, 4.69) is 68.2 Å². The Morgan fingerprint density at radius 3 is 2.52 bits per heavy atom. The number of pyridine rings is 1. The lowest BCUT2D eigenvalue weighted by atomic mass is 9.99. The number of aryl methyl sites for hydroxylation is 3. The summed E-state index contributed by atoms with van der Waals surface area (Å²) in [7, 11) is 0. The maximum Gasteiger partial charge on any atom is 0.138 e. The maximum absolute atomic E-state index is 8.75. The fraction of sp³-hybridized carbons (Fsp3) is 0.273. The van der Waals surface area contributed by atoms with Crippen molar-refractivity contribution >= 4 is 10.9 Å². The number of fused-ring (bicyclic) bond motifs is 1. The van der Waals surface area contributed by atoms with E-state index in [1.54, 1.807) is 0 Å². The number of rotatable bonds is 5. The highest BCUT2D eigenvalue weighted by Gasteiger charge is 2.14. The highest BCUT2D eigenvalue weighted by atomic mass is 16.5. The Morgan fingerprint density at radius 1 is 1.04 bits per heavy atom. The molecule has 0 aliphatic carbocycles. The summed E-state index contributed by atoms with van der Waals surface area (Å²) >= 11 is 0. The second-order valence-electron chi connectivity index (χ2n) is 6.45. The molecule has 0 amide bonds. The average Bonchev–Trinajstić information content (AvgIpc) is 2.59. The van der Waals surface area contributed by atoms with Crippen LogP contribution < -0.4 is 4.74 Å². The predicted molar refractivity (Wildman–Crippen MR) is 102 cm³/mol. The molecule has 3 nitrogen and oxygen atoms in total. The highest BCUT2D eigenvalue weighted by Crippen LogP contribution is 2.38. The van der Waals surface area contributed by atoms with Crippen LogP contribution in [0.2, 0.25) is 0 Å². The summed E-state index contributed by atoms with van der Waals surface area (Å²) in [6.45, 7) is 6.78. The zero-order chi connectivity index (χ0) is 17.8. The lowest BCUT2D eigenvalue weighted by Gasteiger charge is -2.16. The maximum atomic E-state index is 8.75. The molecule has 0 saturated heterocycles. The van der Waals surface area contributed by atoms with Crippen LogP contribution in [0.1, 0.15) is 29.5 Å². The number of nitriles is 1. The number of benzene rings is 2. The summed E-state index contributed by atoms with van der Waals surface area (Å²) in [6, 6.07) is 14.8. The third-order valence-electron chi connectivity index (χ3n) is 4.31. The average molecular weight is 330 g/mol. The number of hydrogen-bond donors (Lipinski definition) is 0. The van der Waals surface area contributed by atoms with Crippen LogP contribution in [0.4, 0.5) is 0 Å². The van der Waals surface area contributed by atoms with Crippen LogP contribution >= 0.6 is 0 Å². The van der Waals surface area contributed by atoms with Crippen molar-refractivity contribution in [2.45, 2.75) is 33.6 Å².